The number of alkyl halides is 1. The topological polar surface area (TPSA) is 90.4 Å². The van der Waals surface area contributed by atoms with Crippen LogP contribution in [0.15, 0.2) is 55.6 Å². The molecule has 1 spiro atoms. The van der Waals surface area contributed by atoms with Crippen LogP contribution in [-0.2, 0) is 25.7 Å². The fraction of sp³-hybridized carbons (Fsp3) is 0.581. The molecule has 0 saturated carbocycles. The van der Waals surface area contributed by atoms with Crippen LogP contribution < -0.4 is 0 Å². The molecule has 4 rings (SSSR count). The molecule has 9 heteroatoms. The van der Waals surface area contributed by atoms with Gasteiger partial charge in [0.15, 0.2) is 0 Å². The van der Waals surface area contributed by atoms with Gasteiger partial charge in [0.2, 0.25) is 17.7 Å². The summed E-state index contributed by atoms with van der Waals surface area (Å²) in [6, 6.07) is 8.80. The molecule has 1 aromatic carbocycles. The van der Waals surface area contributed by atoms with E-state index in [0.717, 1.165) is 18.4 Å². The Morgan fingerprint density at radius 1 is 1.23 bits per heavy atom. The lowest BCUT2D eigenvalue weighted by atomic mass is 9.70. The minimum Gasteiger partial charge on any atom is -0.396 e. The van der Waals surface area contributed by atoms with E-state index in [9.17, 15) is 19.5 Å². The fourth-order valence-corrected chi connectivity index (χ4v) is 7.88. The monoisotopic (exact) mass is 615 g/mol. The number of hydrogen-bond donors (Lipinski definition) is 1. The molecule has 0 aromatic heterocycles. The maximum absolute atomic E-state index is 14.4. The number of amides is 3. The lowest BCUT2D eigenvalue weighted by molar-refractivity contribution is -0.150. The molecule has 3 heterocycles. The Hall–Kier alpha value is -2.49. The summed E-state index contributed by atoms with van der Waals surface area (Å²) in [5.41, 5.74) is -0.145. The zero-order valence-corrected chi connectivity index (χ0v) is 25.2. The molecule has 1 aromatic rings. The molecular formula is C31H42BrN3O5. The average molecular weight is 617 g/mol. The normalized spacial score (nSPS) is 29.2. The van der Waals surface area contributed by atoms with Crippen molar-refractivity contribution in [3.63, 3.8) is 0 Å². The molecule has 2 bridgehead atoms. The van der Waals surface area contributed by atoms with Crippen LogP contribution in [-0.4, -0.2) is 92.4 Å². The van der Waals surface area contributed by atoms with Crippen molar-refractivity contribution in [2.45, 2.75) is 74.7 Å². The van der Waals surface area contributed by atoms with E-state index < -0.39 is 29.6 Å². The van der Waals surface area contributed by atoms with E-state index in [1.807, 2.05) is 37.3 Å². The molecule has 3 amide bonds. The molecular weight excluding hydrogens is 574 g/mol. The van der Waals surface area contributed by atoms with Gasteiger partial charge in [0, 0.05) is 43.7 Å². The van der Waals surface area contributed by atoms with Gasteiger partial charge in [-0.25, -0.2) is 0 Å². The van der Waals surface area contributed by atoms with Crippen LogP contribution in [0.3, 0.4) is 0 Å². The van der Waals surface area contributed by atoms with Gasteiger partial charge >= 0.3 is 0 Å². The Morgan fingerprint density at radius 3 is 2.55 bits per heavy atom. The summed E-state index contributed by atoms with van der Waals surface area (Å²) in [6.07, 6.45) is 5.38. The van der Waals surface area contributed by atoms with Crippen molar-refractivity contribution in [2.24, 2.45) is 11.8 Å². The van der Waals surface area contributed by atoms with Gasteiger partial charge in [-0.2, -0.15) is 0 Å². The number of nitrogens with zero attached hydrogens (tertiary/aromatic N) is 3. The molecule has 0 aliphatic carbocycles. The zero-order chi connectivity index (χ0) is 29.0. The fourth-order valence-electron chi connectivity index (χ4n) is 6.93. The van der Waals surface area contributed by atoms with Crippen LogP contribution in [0, 0.1) is 11.8 Å². The molecule has 3 aliphatic heterocycles. The number of benzene rings is 1. The molecule has 3 saturated heterocycles. The van der Waals surface area contributed by atoms with Gasteiger partial charge < -0.3 is 24.5 Å². The molecule has 40 heavy (non-hydrogen) atoms. The number of aliphatic hydroxyl groups is 1. The number of halogens is 1. The van der Waals surface area contributed by atoms with Gasteiger partial charge in [-0.1, -0.05) is 71.8 Å². The molecule has 7 atom stereocenters. The van der Waals surface area contributed by atoms with E-state index in [2.05, 4.69) is 36.0 Å². The molecule has 3 fully saturated rings. The number of rotatable bonds is 14. The number of carbonyl (C=O) groups excluding carboxylic acids is 3. The second kappa shape index (κ2) is 13.0. The summed E-state index contributed by atoms with van der Waals surface area (Å²) in [5, 5.41) is 9.62. The number of hydrogen-bond acceptors (Lipinski definition) is 5. The SMILES string of the molecule is C=CCN(Cc1ccccc1)C(=O)[C@H]1[C@H]2C(=O)N(CCCO)C(C(=O)N(CC=C)C(C)CCC)C23CC(Br)[C@@H]1O3. The predicted molar refractivity (Wildman–Crippen MR) is 157 cm³/mol. The average Bonchev–Trinajstić information content (AvgIpc) is 3.53. The van der Waals surface area contributed by atoms with Crippen LogP contribution in [0.2, 0.25) is 0 Å². The lowest BCUT2D eigenvalue weighted by Gasteiger charge is -2.39. The van der Waals surface area contributed by atoms with Crippen molar-refractivity contribution in [1.82, 2.24) is 14.7 Å². The third kappa shape index (κ3) is 5.40. The Bertz CT molecular complexity index is 1100. The first kappa shape index (κ1) is 30.5. The predicted octanol–water partition coefficient (Wildman–Crippen LogP) is 3.53. The van der Waals surface area contributed by atoms with Gasteiger partial charge in [0.25, 0.3) is 0 Å². The first-order valence-corrected chi connectivity index (χ1v) is 15.2. The van der Waals surface area contributed by atoms with Gasteiger partial charge in [-0.15, -0.1) is 13.2 Å². The molecule has 218 valence electrons. The van der Waals surface area contributed by atoms with Crippen LogP contribution >= 0.6 is 15.9 Å². The zero-order valence-electron chi connectivity index (χ0n) is 23.6. The second-order valence-corrected chi connectivity index (χ2v) is 12.4. The number of aliphatic hydroxyl groups excluding tert-OH is 1. The minimum absolute atomic E-state index is 0.0505. The lowest BCUT2D eigenvalue weighted by Crippen LogP contribution is -2.58. The summed E-state index contributed by atoms with van der Waals surface area (Å²) in [6.45, 7) is 13.0. The Kier molecular flexibility index (Phi) is 9.90. The summed E-state index contributed by atoms with van der Waals surface area (Å²) < 4.78 is 6.67. The smallest absolute Gasteiger partial charge is 0.248 e. The molecule has 0 radical (unpaired) electrons. The summed E-state index contributed by atoms with van der Waals surface area (Å²) >= 11 is 3.75. The van der Waals surface area contributed by atoms with Crippen molar-refractivity contribution in [1.29, 1.82) is 0 Å². The highest BCUT2D eigenvalue weighted by molar-refractivity contribution is 9.09. The van der Waals surface area contributed by atoms with E-state index in [0.29, 0.717) is 32.5 Å². The summed E-state index contributed by atoms with van der Waals surface area (Å²) in [7, 11) is 0. The van der Waals surface area contributed by atoms with Crippen molar-refractivity contribution in [2.75, 3.05) is 26.2 Å². The van der Waals surface area contributed by atoms with Gasteiger partial charge in [-0.3, -0.25) is 14.4 Å². The van der Waals surface area contributed by atoms with E-state index in [-0.39, 0.29) is 41.7 Å². The highest BCUT2D eigenvalue weighted by Gasteiger charge is 2.76. The van der Waals surface area contributed by atoms with E-state index >= 15 is 0 Å². The van der Waals surface area contributed by atoms with Gasteiger partial charge in [0.1, 0.15) is 11.6 Å². The van der Waals surface area contributed by atoms with Crippen molar-refractivity contribution in [3.8, 4) is 0 Å². The van der Waals surface area contributed by atoms with Crippen LogP contribution in [0.25, 0.3) is 0 Å². The van der Waals surface area contributed by atoms with Crippen molar-refractivity contribution < 1.29 is 24.2 Å². The van der Waals surface area contributed by atoms with Crippen molar-refractivity contribution >= 4 is 33.7 Å². The second-order valence-electron chi connectivity index (χ2n) is 11.2. The maximum Gasteiger partial charge on any atom is 0.248 e. The Labute approximate surface area is 246 Å². The van der Waals surface area contributed by atoms with E-state index in [1.165, 1.54) is 0 Å². The van der Waals surface area contributed by atoms with Crippen molar-refractivity contribution in [3.05, 3.63) is 61.2 Å². The molecule has 1 N–H and O–H groups in total. The highest BCUT2D eigenvalue weighted by Crippen LogP contribution is 2.60. The van der Waals surface area contributed by atoms with Crippen LogP contribution in [0.4, 0.5) is 0 Å². The summed E-state index contributed by atoms with van der Waals surface area (Å²) in [5.74, 6) is -2.11. The first-order chi connectivity index (χ1) is 19.2. The number of carbonyl (C=O) groups is 3. The number of fused-ring (bicyclic) bond motifs is 1. The number of likely N-dealkylation sites (tertiary alicyclic amines) is 1. The maximum atomic E-state index is 14.4. The third-order valence-electron chi connectivity index (χ3n) is 8.59. The molecule has 3 aliphatic rings. The van der Waals surface area contributed by atoms with Gasteiger partial charge in [0.05, 0.1) is 17.9 Å². The van der Waals surface area contributed by atoms with E-state index in [4.69, 9.17) is 4.74 Å². The Balaban J connectivity index is 1.73. The third-order valence-corrected chi connectivity index (χ3v) is 9.43. The van der Waals surface area contributed by atoms with Gasteiger partial charge in [-0.05, 0) is 31.7 Å². The first-order valence-electron chi connectivity index (χ1n) is 14.3. The number of ether oxygens (including phenoxy) is 1. The largest absolute Gasteiger partial charge is 0.396 e. The van der Waals surface area contributed by atoms with E-state index in [1.54, 1.807) is 26.9 Å². The highest BCUT2D eigenvalue weighted by atomic mass is 79.9. The molecule has 8 nitrogen and oxygen atoms in total. The standard InChI is InChI=1S/C31H42BrN3O5/c1-5-12-21(4)34(16-7-3)30(39)27-31-19-23(32)26(40-31)24(25(31)29(38)35(27)17-11-18-36)28(37)33(15-6-2)20-22-13-9-8-10-14-22/h6-10,13-14,21,23-27,36H,2-3,5,11-12,15-20H2,1,4H3/t21?,23?,24-,25-,26-,27?,31?/m0/s1. The minimum atomic E-state index is -1.12. The summed E-state index contributed by atoms with van der Waals surface area (Å²) in [4.78, 5) is 47.7. The van der Waals surface area contributed by atoms with Crippen LogP contribution in [0.5, 0.6) is 0 Å². The quantitative estimate of drug-likeness (QED) is 0.255. The molecule has 4 unspecified atom stereocenters. The van der Waals surface area contributed by atoms with Crippen LogP contribution in [0.1, 0.15) is 45.1 Å². The Morgan fingerprint density at radius 2 is 1.93 bits per heavy atom.